The first-order chi connectivity index (χ1) is 7.72. The van der Waals surface area contributed by atoms with Gasteiger partial charge in [0.15, 0.2) is 5.82 Å². The number of aryl methyl sites for hydroxylation is 1. The molecule has 1 atom stereocenters. The van der Waals surface area contributed by atoms with Gasteiger partial charge in [0, 0.05) is 10.6 Å². The zero-order valence-electron chi connectivity index (χ0n) is 8.41. The fraction of sp³-hybridized carbons (Fsp3) is 0.222. The predicted molar refractivity (Wildman–Crippen MR) is 57.9 cm³/mol. The highest BCUT2D eigenvalue weighted by Gasteiger charge is 2.17. The standard InChI is InChI=1S/C9H8ClN5O/c1-6-11-13-14-15(6)9(12-16)7-3-2-4-8(10)5-7/h2-5,9H,1H3. The molecule has 0 saturated carbocycles. The van der Waals surface area contributed by atoms with Crippen LogP contribution in [-0.2, 0) is 0 Å². The molecule has 0 N–H and O–H groups in total. The third-order valence-electron chi connectivity index (χ3n) is 2.14. The summed E-state index contributed by atoms with van der Waals surface area (Å²) in [6, 6.07) is 6.88. The maximum absolute atomic E-state index is 10.9. The second-order valence-corrected chi connectivity index (χ2v) is 3.64. The number of nitrogens with zero attached hydrogens (tertiary/aromatic N) is 5. The van der Waals surface area contributed by atoms with Crippen molar-refractivity contribution in [3.8, 4) is 0 Å². The van der Waals surface area contributed by atoms with Crippen molar-refractivity contribution in [2.24, 2.45) is 5.18 Å². The van der Waals surface area contributed by atoms with Gasteiger partial charge >= 0.3 is 0 Å². The van der Waals surface area contributed by atoms with Gasteiger partial charge < -0.3 is 0 Å². The molecule has 0 radical (unpaired) electrons. The second kappa shape index (κ2) is 4.36. The molecule has 82 valence electrons. The Hall–Kier alpha value is -1.82. The average molecular weight is 238 g/mol. The summed E-state index contributed by atoms with van der Waals surface area (Å²) in [4.78, 5) is 10.9. The minimum atomic E-state index is -0.784. The monoisotopic (exact) mass is 237 g/mol. The summed E-state index contributed by atoms with van der Waals surface area (Å²) in [7, 11) is 0. The summed E-state index contributed by atoms with van der Waals surface area (Å²) >= 11 is 5.84. The predicted octanol–water partition coefficient (Wildman–Crippen LogP) is 1.95. The Kier molecular flexibility index (Phi) is 2.91. The van der Waals surface area contributed by atoms with Gasteiger partial charge in [-0.25, -0.2) is 0 Å². The molecule has 2 rings (SSSR count). The number of benzene rings is 1. The van der Waals surface area contributed by atoms with Crippen molar-refractivity contribution in [2.75, 3.05) is 0 Å². The molecule has 1 aromatic heterocycles. The van der Waals surface area contributed by atoms with E-state index in [0.717, 1.165) is 0 Å². The Bertz CT molecular complexity index is 512. The van der Waals surface area contributed by atoms with Gasteiger partial charge in [-0.05, 0) is 34.7 Å². The number of hydrogen-bond acceptors (Lipinski definition) is 5. The van der Waals surface area contributed by atoms with E-state index in [1.54, 1.807) is 31.2 Å². The summed E-state index contributed by atoms with van der Waals surface area (Å²) < 4.78 is 1.35. The van der Waals surface area contributed by atoms with E-state index in [0.29, 0.717) is 16.4 Å². The van der Waals surface area contributed by atoms with Crippen molar-refractivity contribution in [3.63, 3.8) is 0 Å². The number of hydrogen-bond donors (Lipinski definition) is 0. The third kappa shape index (κ3) is 1.92. The van der Waals surface area contributed by atoms with E-state index in [4.69, 9.17) is 11.6 Å². The molecule has 0 amide bonds. The number of tetrazole rings is 1. The minimum Gasteiger partial charge on any atom is -0.197 e. The summed E-state index contributed by atoms with van der Waals surface area (Å²) in [6.45, 7) is 1.70. The number of rotatable bonds is 3. The van der Waals surface area contributed by atoms with Gasteiger partial charge in [0.25, 0.3) is 0 Å². The Morgan fingerprint density at radius 2 is 2.31 bits per heavy atom. The van der Waals surface area contributed by atoms with E-state index < -0.39 is 6.17 Å². The second-order valence-electron chi connectivity index (χ2n) is 3.20. The van der Waals surface area contributed by atoms with E-state index in [2.05, 4.69) is 20.7 Å². The molecular formula is C9H8ClN5O. The molecule has 0 aliphatic rings. The lowest BCUT2D eigenvalue weighted by Crippen LogP contribution is -2.11. The maximum atomic E-state index is 10.9. The zero-order chi connectivity index (χ0) is 11.5. The first kappa shape index (κ1) is 10.7. The topological polar surface area (TPSA) is 73.0 Å². The van der Waals surface area contributed by atoms with Crippen LogP contribution in [0.25, 0.3) is 0 Å². The van der Waals surface area contributed by atoms with Crippen LogP contribution in [0.5, 0.6) is 0 Å². The van der Waals surface area contributed by atoms with Gasteiger partial charge in [0.2, 0.25) is 6.17 Å². The molecule has 0 aliphatic carbocycles. The number of aromatic nitrogens is 4. The number of nitroso groups, excluding NO2 is 1. The van der Waals surface area contributed by atoms with Crippen LogP contribution < -0.4 is 0 Å². The van der Waals surface area contributed by atoms with Crippen LogP contribution in [0.1, 0.15) is 17.6 Å². The van der Waals surface area contributed by atoms with Gasteiger partial charge in [-0.15, -0.1) is 10.0 Å². The van der Waals surface area contributed by atoms with Crippen molar-refractivity contribution in [3.05, 3.63) is 45.6 Å². The van der Waals surface area contributed by atoms with Crippen molar-refractivity contribution < 1.29 is 0 Å². The van der Waals surface area contributed by atoms with Crippen LogP contribution in [0.2, 0.25) is 5.02 Å². The minimum absolute atomic E-state index is 0.518. The van der Waals surface area contributed by atoms with E-state index >= 15 is 0 Å². The van der Waals surface area contributed by atoms with Crippen molar-refractivity contribution in [1.82, 2.24) is 20.2 Å². The Morgan fingerprint density at radius 3 is 2.88 bits per heavy atom. The third-order valence-corrected chi connectivity index (χ3v) is 2.37. The molecule has 0 saturated heterocycles. The fourth-order valence-corrected chi connectivity index (χ4v) is 1.58. The largest absolute Gasteiger partial charge is 0.212 e. The Balaban J connectivity index is 2.44. The van der Waals surface area contributed by atoms with Crippen LogP contribution in [0.4, 0.5) is 0 Å². The molecular weight excluding hydrogens is 230 g/mol. The SMILES string of the molecule is Cc1nnnn1C(N=O)c1cccc(Cl)c1. The molecule has 0 spiro atoms. The molecule has 1 heterocycles. The molecule has 1 unspecified atom stereocenters. The number of halogens is 1. The molecule has 2 aromatic rings. The molecule has 0 fully saturated rings. The summed E-state index contributed by atoms with van der Waals surface area (Å²) in [5.41, 5.74) is 0.651. The summed E-state index contributed by atoms with van der Waals surface area (Å²) in [5, 5.41) is 14.4. The highest BCUT2D eigenvalue weighted by atomic mass is 35.5. The lowest BCUT2D eigenvalue weighted by molar-refractivity contribution is 0.510. The first-order valence-electron chi connectivity index (χ1n) is 4.55. The van der Waals surface area contributed by atoms with Crippen LogP contribution in [0, 0.1) is 11.8 Å². The van der Waals surface area contributed by atoms with Crippen LogP contribution in [0.15, 0.2) is 29.4 Å². The quantitative estimate of drug-likeness (QED) is 0.765. The maximum Gasteiger partial charge on any atom is 0.212 e. The van der Waals surface area contributed by atoms with Crippen molar-refractivity contribution >= 4 is 11.6 Å². The molecule has 7 heteroatoms. The Labute approximate surface area is 96.2 Å². The smallest absolute Gasteiger partial charge is 0.197 e. The molecule has 1 aromatic carbocycles. The first-order valence-corrected chi connectivity index (χ1v) is 4.92. The normalized spacial score (nSPS) is 12.4. The Morgan fingerprint density at radius 1 is 1.50 bits per heavy atom. The highest BCUT2D eigenvalue weighted by molar-refractivity contribution is 6.30. The molecule has 6 nitrogen and oxygen atoms in total. The fourth-order valence-electron chi connectivity index (χ4n) is 1.38. The summed E-state index contributed by atoms with van der Waals surface area (Å²) in [6.07, 6.45) is -0.784. The molecule has 0 bridgehead atoms. The van der Waals surface area contributed by atoms with E-state index in [-0.39, 0.29) is 0 Å². The molecule has 0 aliphatic heterocycles. The van der Waals surface area contributed by atoms with Gasteiger partial charge in [-0.2, -0.15) is 4.68 Å². The van der Waals surface area contributed by atoms with Gasteiger partial charge in [0.1, 0.15) is 0 Å². The van der Waals surface area contributed by atoms with Crippen LogP contribution in [-0.4, -0.2) is 20.2 Å². The lowest BCUT2D eigenvalue weighted by atomic mass is 10.2. The summed E-state index contributed by atoms with van der Waals surface area (Å²) in [5.74, 6) is 0.518. The van der Waals surface area contributed by atoms with Crippen molar-refractivity contribution in [2.45, 2.75) is 13.1 Å². The van der Waals surface area contributed by atoms with E-state index in [1.807, 2.05) is 0 Å². The van der Waals surface area contributed by atoms with Crippen LogP contribution in [0.3, 0.4) is 0 Å². The zero-order valence-corrected chi connectivity index (χ0v) is 9.16. The van der Waals surface area contributed by atoms with E-state index in [1.165, 1.54) is 4.68 Å². The highest BCUT2D eigenvalue weighted by Crippen LogP contribution is 2.22. The van der Waals surface area contributed by atoms with E-state index in [9.17, 15) is 4.91 Å². The van der Waals surface area contributed by atoms with Crippen molar-refractivity contribution in [1.29, 1.82) is 0 Å². The lowest BCUT2D eigenvalue weighted by Gasteiger charge is -2.09. The average Bonchev–Trinajstić information content (AvgIpc) is 2.67. The molecule has 16 heavy (non-hydrogen) atoms. The van der Waals surface area contributed by atoms with Gasteiger partial charge in [-0.1, -0.05) is 23.7 Å². The van der Waals surface area contributed by atoms with Gasteiger partial charge in [0.05, 0.1) is 0 Å². The van der Waals surface area contributed by atoms with Gasteiger partial charge in [-0.3, -0.25) is 0 Å². The van der Waals surface area contributed by atoms with Crippen LogP contribution >= 0.6 is 11.6 Å².